The van der Waals surface area contributed by atoms with Gasteiger partial charge in [0.2, 0.25) is 0 Å². The molecule has 216 valence electrons. The summed E-state index contributed by atoms with van der Waals surface area (Å²) >= 11 is 0. The van der Waals surface area contributed by atoms with Crippen LogP contribution in [0.4, 0.5) is 0 Å². The van der Waals surface area contributed by atoms with Crippen molar-refractivity contribution in [3.8, 4) is 0 Å². The summed E-state index contributed by atoms with van der Waals surface area (Å²) < 4.78 is 50.1. The molecule has 0 spiro atoms. The third-order valence-corrected chi connectivity index (χ3v) is 11.5. The second kappa shape index (κ2) is 13.7. The highest BCUT2D eigenvalue weighted by molar-refractivity contribution is 7.92. The van der Waals surface area contributed by atoms with E-state index in [1.54, 1.807) is 48.5 Å². The molecule has 1 fully saturated rings. The van der Waals surface area contributed by atoms with E-state index in [-0.39, 0.29) is 11.7 Å². The van der Waals surface area contributed by atoms with Gasteiger partial charge in [-0.05, 0) is 47.4 Å². The standard InChI is InChI=1S/C21H18O2S.C13H12O2S.CH4O/c22-24(23,19-14-8-3-9-15-19)21(18-12-6-2-7-13-18)16-20(21)17-10-4-1-5-11-17;14-16(15,13-9-5-2-6-10-13)11-12-7-3-1-4-8-12;1-2/h1-15,20H,16H2;1-10H,11H2;2H,1H3/t20-,21-;;/m1../s1. The molecule has 0 amide bonds. The molecule has 0 saturated heterocycles. The van der Waals surface area contributed by atoms with E-state index < -0.39 is 24.4 Å². The van der Waals surface area contributed by atoms with E-state index in [9.17, 15) is 16.8 Å². The third kappa shape index (κ3) is 6.71. The smallest absolute Gasteiger partial charge is 0.188 e. The van der Waals surface area contributed by atoms with Crippen molar-refractivity contribution >= 4 is 19.7 Å². The van der Waals surface area contributed by atoms with Gasteiger partial charge in [-0.1, -0.05) is 127 Å². The Labute approximate surface area is 249 Å². The Morgan fingerprint density at radius 3 is 1.48 bits per heavy atom. The zero-order valence-corrected chi connectivity index (χ0v) is 25.0. The Kier molecular flexibility index (Phi) is 10.1. The average molecular weight is 599 g/mol. The van der Waals surface area contributed by atoms with Crippen LogP contribution in [0.15, 0.2) is 161 Å². The van der Waals surface area contributed by atoms with Crippen LogP contribution >= 0.6 is 0 Å². The summed E-state index contributed by atoms with van der Waals surface area (Å²) in [5.74, 6) is 0.0454. The highest BCUT2D eigenvalue weighted by Gasteiger charge is 2.65. The highest BCUT2D eigenvalue weighted by Crippen LogP contribution is 2.65. The van der Waals surface area contributed by atoms with Gasteiger partial charge < -0.3 is 5.11 Å². The van der Waals surface area contributed by atoms with Crippen molar-refractivity contribution < 1.29 is 21.9 Å². The zero-order valence-electron chi connectivity index (χ0n) is 23.3. The first-order valence-corrected chi connectivity index (χ1v) is 16.6. The van der Waals surface area contributed by atoms with Crippen LogP contribution in [0, 0.1) is 0 Å². The number of aliphatic hydroxyl groups is 1. The Morgan fingerprint density at radius 2 is 0.976 bits per heavy atom. The summed E-state index contributed by atoms with van der Waals surface area (Å²) in [6, 6.07) is 46.1. The van der Waals surface area contributed by atoms with Gasteiger partial charge in [0.1, 0.15) is 4.75 Å². The Hall–Kier alpha value is -4.04. The molecular formula is C35H34O5S2. The Morgan fingerprint density at radius 1 is 0.571 bits per heavy atom. The lowest BCUT2D eigenvalue weighted by Crippen LogP contribution is -2.23. The van der Waals surface area contributed by atoms with E-state index in [0.717, 1.165) is 23.8 Å². The van der Waals surface area contributed by atoms with Crippen molar-refractivity contribution in [1.29, 1.82) is 0 Å². The Balaban J connectivity index is 0.000000196. The van der Waals surface area contributed by atoms with Crippen molar-refractivity contribution in [3.63, 3.8) is 0 Å². The van der Waals surface area contributed by atoms with Crippen molar-refractivity contribution in [1.82, 2.24) is 0 Å². The molecule has 1 N–H and O–H groups in total. The Bertz CT molecular complexity index is 1740. The van der Waals surface area contributed by atoms with Gasteiger partial charge in [0, 0.05) is 13.0 Å². The van der Waals surface area contributed by atoms with Gasteiger partial charge in [0.25, 0.3) is 0 Å². The highest BCUT2D eigenvalue weighted by atomic mass is 32.2. The predicted octanol–water partition coefficient (Wildman–Crippen LogP) is 6.81. The summed E-state index contributed by atoms with van der Waals surface area (Å²) in [6.07, 6.45) is 0.623. The minimum atomic E-state index is -3.48. The molecule has 0 bridgehead atoms. The fourth-order valence-corrected chi connectivity index (χ4v) is 8.77. The number of sulfone groups is 2. The van der Waals surface area contributed by atoms with Crippen LogP contribution in [-0.2, 0) is 30.2 Å². The van der Waals surface area contributed by atoms with Crippen LogP contribution < -0.4 is 0 Å². The van der Waals surface area contributed by atoms with E-state index in [4.69, 9.17) is 5.11 Å². The van der Waals surface area contributed by atoms with Crippen LogP contribution in [0.25, 0.3) is 0 Å². The maximum Gasteiger partial charge on any atom is 0.188 e. The van der Waals surface area contributed by atoms with Gasteiger partial charge in [0.15, 0.2) is 19.7 Å². The van der Waals surface area contributed by atoms with E-state index in [1.165, 1.54) is 0 Å². The van der Waals surface area contributed by atoms with E-state index in [2.05, 4.69) is 0 Å². The number of rotatable bonds is 7. The van der Waals surface area contributed by atoms with E-state index in [1.807, 2.05) is 103 Å². The van der Waals surface area contributed by atoms with Crippen molar-refractivity contribution in [3.05, 3.63) is 168 Å². The SMILES string of the molecule is CO.O=S(=O)(Cc1ccccc1)c1ccccc1.O=S(=O)(c1ccccc1)[C@@]1(c2ccccc2)C[C@@H]1c1ccccc1. The van der Waals surface area contributed by atoms with Crippen LogP contribution in [0.5, 0.6) is 0 Å². The molecule has 42 heavy (non-hydrogen) atoms. The maximum atomic E-state index is 13.5. The predicted molar refractivity (Wildman–Crippen MR) is 167 cm³/mol. The molecule has 1 aliphatic rings. The normalized spacial score (nSPS) is 17.5. The maximum absolute atomic E-state index is 13.5. The quantitative estimate of drug-likeness (QED) is 0.222. The fraction of sp³-hybridized carbons (Fsp3) is 0.143. The van der Waals surface area contributed by atoms with Crippen molar-refractivity contribution in [2.24, 2.45) is 0 Å². The molecule has 5 aromatic carbocycles. The summed E-state index contributed by atoms with van der Waals surface area (Å²) in [5, 5.41) is 7.00. The van der Waals surface area contributed by atoms with Crippen LogP contribution in [0.3, 0.4) is 0 Å². The molecule has 1 saturated carbocycles. The van der Waals surface area contributed by atoms with Crippen LogP contribution in [-0.4, -0.2) is 29.1 Å². The number of hydrogen-bond donors (Lipinski definition) is 1. The first-order valence-electron chi connectivity index (χ1n) is 13.5. The number of benzene rings is 5. The molecule has 0 unspecified atom stereocenters. The van der Waals surface area contributed by atoms with Gasteiger partial charge in [-0.25, -0.2) is 16.8 Å². The first kappa shape index (κ1) is 30.9. The molecule has 0 heterocycles. The minimum absolute atomic E-state index is 0.00805. The largest absolute Gasteiger partial charge is 0.400 e. The lowest BCUT2D eigenvalue weighted by Gasteiger charge is -2.19. The van der Waals surface area contributed by atoms with Gasteiger partial charge in [-0.15, -0.1) is 0 Å². The molecular weight excluding hydrogens is 565 g/mol. The average Bonchev–Trinajstić information content (AvgIpc) is 3.83. The summed E-state index contributed by atoms with van der Waals surface area (Å²) in [7, 11) is -5.69. The summed E-state index contributed by atoms with van der Waals surface area (Å²) in [4.78, 5) is 0.770. The molecule has 7 heteroatoms. The van der Waals surface area contributed by atoms with Gasteiger partial charge >= 0.3 is 0 Å². The van der Waals surface area contributed by atoms with Gasteiger partial charge in [-0.2, -0.15) is 0 Å². The molecule has 5 aromatic rings. The first-order chi connectivity index (χ1) is 20.3. The van der Waals surface area contributed by atoms with Crippen molar-refractivity contribution in [2.75, 3.05) is 7.11 Å². The van der Waals surface area contributed by atoms with Crippen LogP contribution in [0.1, 0.15) is 29.0 Å². The van der Waals surface area contributed by atoms with E-state index >= 15 is 0 Å². The molecule has 0 aliphatic heterocycles. The molecule has 6 rings (SSSR count). The second-order valence-corrected chi connectivity index (χ2v) is 14.0. The lowest BCUT2D eigenvalue weighted by molar-refractivity contribution is 0.399. The van der Waals surface area contributed by atoms with Gasteiger partial charge in [-0.3, -0.25) is 0 Å². The molecule has 2 atom stereocenters. The van der Waals surface area contributed by atoms with E-state index in [0.29, 0.717) is 16.2 Å². The summed E-state index contributed by atoms with van der Waals surface area (Å²) in [6.45, 7) is 0. The van der Waals surface area contributed by atoms with Crippen LogP contribution in [0.2, 0.25) is 0 Å². The lowest BCUT2D eigenvalue weighted by atomic mass is 10.0. The molecule has 5 nitrogen and oxygen atoms in total. The molecule has 0 aromatic heterocycles. The zero-order chi connectivity index (χ0) is 30.1. The third-order valence-electron chi connectivity index (χ3n) is 7.21. The molecule has 1 aliphatic carbocycles. The minimum Gasteiger partial charge on any atom is -0.400 e. The molecule has 0 radical (unpaired) electrons. The fourth-order valence-electron chi connectivity index (χ4n) is 5.12. The second-order valence-electron chi connectivity index (χ2n) is 9.80. The number of aliphatic hydroxyl groups excluding tert-OH is 1. The topological polar surface area (TPSA) is 88.5 Å². The number of hydrogen-bond acceptors (Lipinski definition) is 5. The van der Waals surface area contributed by atoms with Gasteiger partial charge in [0.05, 0.1) is 15.5 Å². The van der Waals surface area contributed by atoms with Crippen molar-refractivity contribution in [2.45, 2.75) is 32.6 Å². The monoisotopic (exact) mass is 598 g/mol. The summed E-state index contributed by atoms with van der Waals surface area (Å²) in [5.41, 5.74) is 2.77.